The summed E-state index contributed by atoms with van der Waals surface area (Å²) in [6, 6.07) is 13.2. The van der Waals surface area contributed by atoms with Crippen LogP contribution in [0.5, 0.6) is 5.75 Å². The molecule has 7 heteroatoms. The van der Waals surface area contributed by atoms with Crippen LogP contribution >= 0.6 is 0 Å². The Bertz CT molecular complexity index is 981. The molecule has 0 radical (unpaired) electrons. The first-order valence-corrected chi connectivity index (χ1v) is 8.89. The van der Waals surface area contributed by atoms with E-state index in [0.29, 0.717) is 18.8 Å². The lowest BCUT2D eigenvalue weighted by atomic mass is 9.87. The van der Waals surface area contributed by atoms with Gasteiger partial charge in [-0.1, -0.05) is 39.0 Å². The summed E-state index contributed by atoms with van der Waals surface area (Å²) in [5, 5.41) is 6.87. The van der Waals surface area contributed by atoms with Crippen molar-refractivity contribution in [2.75, 3.05) is 13.2 Å². The third-order valence-electron chi connectivity index (χ3n) is 4.20. The number of carbonyl (C=O) groups is 1. The normalized spacial score (nSPS) is 11.5. The van der Waals surface area contributed by atoms with Gasteiger partial charge in [-0.15, -0.1) is 5.10 Å². The minimum atomic E-state index is -0.337. The number of rotatable bonds is 6. The van der Waals surface area contributed by atoms with Gasteiger partial charge in [0.1, 0.15) is 18.9 Å². The van der Waals surface area contributed by atoms with Crippen LogP contribution in [0.15, 0.2) is 53.5 Å². The molecule has 27 heavy (non-hydrogen) atoms. The molecule has 0 saturated heterocycles. The van der Waals surface area contributed by atoms with Crippen molar-refractivity contribution in [1.82, 2.24) is 19.5 Å². The highest BCUT2D eigenvalue weighted by Crippen LogP contribution is 2.24. The number of nitrogens with zero attached hydrogens (tertiary/aromatic N) is 3. The van der Waals surface area contributed by atoms with Crippen LogP contribution in [0.1, 0.15) is 26.3 Å². The molecule has 0 bridgehead atoms. The second-order valence-electron chi connectivity index (χ2n) is 7.34. The molecule has 0 aliphatic carbocycles. The standard InChI is InChI=1S/C20H24N4O3/c1-20(2,3)15-7-9-16(10-8-15)27-13-11-21-18(25)14-24-19(26)23-12-5-4-6-17(23)22-24/h4-10,12H,11,13-14H2,1-3H3,(H,21,25). The second kappa shape index (κ2) is 7.65. The molecule has 0 spiro atoms. The number of carbonyl (C=O) groups excluding carboxylic acids is 1. The van der Waals surface area contributed by atoms with E-state index in [1.54, 1.807) is 24.4 Å². The summed E-state index contributed by atoms with van der Waals surface area (Å²) in [6.45, 7) is 7.05. The number of ether oxygens (including phenoxy) is 1. The lowest BCUT2D eigenvalue weighted by molar-refractivity contribution is -0.122. The number of nitrogens with one attached hydrogen (secondary N) is 1. The van der Waals surface area contributed by atoms with Crippen molar-refractivity contribution in [3.63, 3.8) is 0 Å². The fourth-order valence-electron chi connectivity index (χ4n) is 2.67. The van der Waals surface area contributed by atoms with Crippen LogP contribution in [0.4, 0.5) is 0 Å². The van der Waals surface area contributed by atoms with Gasteiger partial charge in [0, 0.05) is 6.20 Å². The summed E-state index contributed by atoms with van der Waals surface area (Å²) in [4.78, 5) is 24.2. The van der Waals surface area contributed by atoms with E-state index in [2.05, 4.69) is 31.2 Å². The Morgan fingerprint density at radius 2 is 1.89 bits per heavy atom. The number of benzene rings is 1. The number of fused-ring (bicyclic) bond motifs is 1. The fraction of sp³-hybridized carbons (Fsp3) is 0.350. The maximum Gasteiger partial charge on any atom is 0.350 e. The van der Waals surface area contributed by atoms with Crippen molar-refractivity contribution in [1.29, 1.82) is 0 Å². The summed E-state index contributed by atoms with van der Waals surface area (Å²) in [6.07, 6.45) is 1.62. The number of hydrogen-bond acceptors (Lipinski definition) is 4. The smallest absolute Gasteiger partial charge is 0.350 e. The van der Waals surface area contributed by atoms with Crippen molar-refractivity contribution >= 4 is 11.6 Å². The van der Waals surface area contributed by atoms with Gasteiger partial charge in [-0.2, -0.15) is 0 Å². The van der Waals surface area contributed by atoms with Gasteiger partial charge in [-0.05, 0) is 35.2 Å². The minimum absolute atomic E-state index is 0.0997. The molecule has 0 unspecified atom stereocenters. The molecule has 1 N–H and O–H groups in total. The largest absolute Gasteiger partial charge is 0.492 e. The molecule has 0 fully saturated rings. The molecule has 3 aromatic rings. The zero-order chi connectivity index (χ0) is 19.4. The molecule has 1 amide bonds. The molecular formula is C20H24N4O3. The zero-order valence-corrected chi connectivity index (χ0v) is 15.8. The Kier molecular flexibility index (Phi) is 5.30. The van der Waals surface area contributed by atoms with Crippen LogP contribution < -0.4 is 15.7 Å². The number of pyridine rings is 1. The van der Waals surface area contributed by atoms with Crippen molar-refractivity contribution in [2.45, 2.75) is 32.7 Å². The van der Waals surface area contributed by atoms with Gasteiger partial charge < -0.3 is 10.1 Å². The number of aromatic nitrogens is 3. The Hall–Kier alpha value is -3.09. The van der Waals surface area contributed by atoms with E-state index in [9.17, 15) is 9.59 Å². The Morgan fingerprint density at radius 3 is 2.56 bits per heavy atom. The van der Waals surface area contributed by atoms with Crippen LogP contribution in [0.25, 0.3) is 5.65 Å². The highest BCUT2D eigenvalue weighted by atomic mass is 16.5. The number of amides is 1. The average Bonchev–Trinajstić information content (AvgIpc) is 2.94. The maximum atomic E-state index is 12.1. The molecule has 2 heterocycles. The molecular weight excluding hydrogens is 344 g/mol. The lowest BCUT2D eigenvalue weighted by Crippen LogP contribution is -2.34. The molecule has 0 aliphatic rings. The van der Waals surface area contributed by atoms with Gasteiger partial charge >= 0.3 is 5.69 Å². The highest BCUT2D eigenvalue weighted by molar-refractivity contribution is 5.75. The van der Waals surface area contributed by atoms with E-state index in [4.69, 9.17) is 4.74 Å². The van der Waals surface area contributed by atoms with Gasteiger partial charge in [0.05, 0.1) is 6.54 Å². The molecule has 2 aromatic heterocycles. The van der Waals surface area contributed by atoms with Crippen LogP contribution in [0.3, 0.4) is 0 Å². The maximum absolute atomic E-state index is 12.1. The van der Waals surface area contributed by atoms with Gasteiger partial charge in [-0.3, -0.25) is 9.20 Å². The van der Waals surface area contributed by atoms with E-state index >= 15 is 0 Å². The third kappa shape index (κ3) is 4.55. The Morgan fingerprint density at radius 1 is 1.15 bits per heavy atom. The Balaban J connectivity index is 1.47. The predicted molar refractivity (Wildman–Crippen MR) is 103 cm³/mol. The minimum Gasteiger partial charge on any atom is -0.492 e. The van der Waals surface area contributed by atoms with Crippen molar-refractivity contribution in [3.05, 3.63) is 64.7 Å². The first kappa shape index (κ1) is 18.7. The van der Waals surface area contributed by atoms with Gasteiger partial charge in [0.2, 0.25) is 5.91 Å². The molecule has 142 valence electrons. The van der Waals surface area contributed by atoms with Crippen molar-refractivity contribution < 1.29 is 9.53 Å². The molecule has 0 saturated carbocycles. The van der Waals surface area contributed by atoms with Gasteiger partial charge in [0.25, 0.3) is 0 Å². The van der Waals surface area contributed by atoms with E-state index in [1.807, 2.05) is 24.3 Å². The molecule has 7 nitrogen and oxygen atoms in total. The van der Waals surface area contributed by atoms with Crippen molar-refractivity contribution in [3.8, 4) is 5.75 Å². The first-order valence-electron chi connectivity index (χ1n) is 8.89. The summed E-state index contributed by atoms with van der Waals surface area (Å²) in [5.74, 6) is 0.473. The first-order chi connectivity index (χ1) is 12.8. The van der Waals surface area contributed by atoms with Gasteiger partial charge in [0.15, 0.2) is 5.65 Å². The molecule has 3 rings (SSSR count). The zero-order valence-electron chi connectivity index (χ0n) is 15.8. The lowest BCUT2D eigenvalue weighted by Gasteiger charge is -2.19. The monoisotopic (exact) mass is 368 g/mol. The Labute approximate surface area is 157 Å². The summed E-state index contributed by atoms with van der Waals surface area (Å²) in [5.41, 5.74) is 1.51. The fourth-order valence-corrected chi connectivity index (χ4v) is 2.67. The number of hydrogen-bond donors (Lipinski definition) is 1. The SMILES string of the molecule is CC(C)(C)c1ccc(OCCNC(=O)Cn2nc3ccccn3c2=O)cc1. The van der Waals surface area contributed by atoms with E-state index in [-0.39, 0.29) is 23.6 Å². The van der Waals surface area contributed by atoms with Crippen LogP contribution in [0, 0.1) is 0 Å². The van der Waals surface area contributed by atoms with Crippen molar-refractivity contribution in [2.24, 2.45) is 0 Å². The average molecular weight is 368 g/mol. The quantitative estimate of drug-likeness (QED) is 0.675. The van der Waals surface area contributed by atoms with E-state index in [0.717, 1.165) is 10.4 Å². The van der Waals surface area contributed by atoms with Crippen LogP contribution in [0.2, 0.25) is 0 Å². The topological polar surface area (TPSA) is 77.6 Å². The summed E-state index contributed by atoms with van der Waals surface area (Å²) >= 11 is 0. The second-order valence-corrected chi connectivity index (χ2v) is 7.34. The molecule has 0 atom stereocenters. The molecule has 1 aromatic carbocycles. The summed E-state index contributed by atoms with van der Waals surface area (Å²) in [7, 11) is 0. The van der Waals surface area contributed by atoms with E-state index in [1.165, 1.54) is 9.96 Å². The van der Waals surface area contributed by atoms with Crippen LogP contribution in [-0.2, 0) is 16.8 Å². The third-order valence-corrected chi connectivity index (χ3v) is 4.20. The highest BCUT2D eigenvalue weighted by Gasteiger charge is 2.13. The predicted octanol–water partition coefficient (Wildman–Crippen LogP) is 1.99. The van der Waals surface area contributed by atoms with Gasteiger partial charge in [-0.25, -0.2) is 9.48 Å². The van der Waals surface area contributed by atoms with E-state index < -0.39 is 0 Å². The van der Waals surface area contributed by atoms with Crippen LogP contribution in [-0.4, -0.2) is 33.2 Å². The molecule has 0 aliphatic heterocycles. The summed E-state index contributed by atoms with van der Waals surface area (Å²) < 4.78 is 8.19.